The van der Waals surface area contributed by atoms with Gasteiger partial charge in [-0.25, -0.2) is 8.78 Å². The lowest BCUT2D eigenvalue weighted by molar-refractivity contribution is 0.413. The minimum absolute atomic E-state index is 0.0452. The number of rotatable bonds is 3. The molecule has 0 saturated heterocycles. The average molecular weight is 220 g/mol. The summed E-state index contributed by atoms with van der Waals surface area (Å²) in [6, 6.07) is 12.9. The molecule has 0 aliphatic carbocycles. The van der Waals surface area contributed by atoms with Crippen LogP contribution in [0.4, 0.5) is 8.78 Å². The van der Waals surface area contributed by atoms with E-state index in [9.17, 15) is 8.78 Å². The van der Waals surface area contributed by atoms with Gasteiger partial charge in [0.2, 0.25) is 0 Å². The third-order valence-corrected chi connectivity index (χ3v) is 2.16. The lowest BCUT2D eigenvalue weighted by Crippen LogP contribution is -1.93. The molecule has 0 fully saturated rings. The van der Waals surface area contributed by atoms with E-state index in [0.29, 0.717) is 5.75 Å². The Labute approximate surface area is 92.3 Å². The van der Waals surface area contributed by atoms with Crippen LogP contribution in [-0.2, 0) is 6.67 Å². The van der Waals surface area contributed by atoms with E-state index in [0.717, 1.165) is 0 Å². The minimum atomic E-state index is -0.750. The zero-order chi connectivity index (χ0) is 11.4. The lowest BCUT2D eigenvalue weighted by Gasteiger charge is -2.09. The molecule has 82 valence electrons. The van der Waals surface area contributed by atoms with Gasteiger partial charge in [0.05, 0.1) is 0 Å². The first-order valence-corrected chi connectivity index (χ1v) is 4.87. The van der Waals surface area contributed by atoms with E-state index in [2.05, 4.69) is 0 Å². The van der Waals surface area contributed by atoms with Gasteiger partial charge in [0.25, 0.3) is 0 Å². The van der Waals surface area contributed by atoms with Crippen LogP contribution in [0.25, 0.3) is 0 Å². The predicted molar refractivity (Wildman–Crippen MR) is 57.7 cm³/mol. The molecule has 0 spiro atoms. The van der Waals surface area contributed by atoms with Crippen LogP contribution in [0.2, 0.25) is 0 Å². The van der Waals surface area contributed by atoms with Crippen molar-refractivity contribution in [3.05, 3.63) is 59.9 Å². The molecule has 0 aromatic heterocycles. The standard InChI is InChI=1S/C13H10F2O/c14-9-10-5-4-8-12(15)13(10)16-11-6-2-1-3-7-11/h1-8H,9H2. The minimum Gasteiger partial charge on any atom is -0.454 e. The summed E-state index contributed by atoms with van der Waals surface area (Å²) in [6.07, 6.45) is 0. The summed E-state index contributed by atoms with van der Waals surface area (Å²) < 4.78 is 31.4. The van der Waals surface area contributed by atoms with Gasteiger partial charge in [0.15, 0.2) is 11.6 Å². The number of benzene rings is 2. The molecule has 0 unspecified atom stereocenters. The molecular weight excluding hydrogens is 210 g/mol. The van der Waals surface area contributed by atoms with Crippen molar-refractivity contribution >= 4 is 0 Å². The fourth-order valence-corrected chi connectivity index (χ4v) is 1.38. The Morgan fingerprint density at radius 2 is 1.69 bits per heavy atom. The van der Waals surface area contributed by atoms with Gasteiger partial charge in [-0.2, -0.15) is 0 Å². The van der Waals surface area contributed by atoms with Gasteiger partial charge in [-0.1, -0.05) is 30.3 Å². The van der Waals surface area contributed by atoms with Crippen LogP contribution in [0.3, 0.4) is 0 Å². The molecule has 0 amide bonds. The Balaban J connectivity index is 2.34. The van der Waals surface area contributed by atoms with Crippen molar-refractivity contribution in [1.29, 1.82) is 0 Å². The van der Waals surface area contributed by atoms with Gasteiger partial charge < -0.3 is 4.74 Å². The summed E-state index contributed by atoms with van der Waals surface area (Å²) in [4.78, 5) is 0. The Bertz CT molecular complexity index is 469. The van der Waals surface area contributed by atoms with E-state index in [1.807, 2.05) is 6.07 Å². The van der Waals surface area contributed by atoms with Crippen LogP contribution < -0.4 is 4.74 Å². The largest absolute Gasteiger partial charge is 0.454 e. The second kappa shape index (κ2) is 4.75. The Morgan fingerprint density at radius 3 is 2.38 bits per heavy atom. The van der Waals surface area contributed by atoms with E-state index in [1.165, 1.54) is 18.2 Å². The van der Waals surface area contributed by atoms with Gasteiger partial charge in [-0.15, -0.1) is 0 Å². The van der Waals surface area contributed by atoms with E-state index >= 15 is 0 Å². The maximum Gasteiger partial charge on any atom is 0.168 e. The van der Waals surface area contributed by atoms with Crippen molar-refractivity contribution in [2.45, 2.75) is 6.67 Å². The monoisotopic (exact) mass is 220 g/mol. The number of ether oxygens (including phenoxy) is 1. The molecule has 2 rings (SSSR count). The van der Waals surface area contributed by atoms with Crippen molar-refractivity contribution in [2.75, 3.05) is 0 Å². The first-order valence-electron chi connectivity index (χ1n) is 4.87. The third kappa shape index (κ3) is 2.19. The molecule has 0 heterocycles. The smallest absolute Gasteiger partial charge is 0.168 e. The fraction of sp³-hybridized carbons (Fsp3) is 0.0769. The molecule has 3 heteroatoms. The van der Waals surface area contributed by atoms with Crippen LogP contribution in [0, 0.1) is 5.82 Å². The number of hydrogen-bond donors (Lipinski definition) is 0. The normalized spacial score (nSPS) is 10.1. The quantitative estimate of drug-likeness (QED) is 0.757. The fourth-order valence-electron chi connectivity index (χ4n) is 1.38. The molecule has 0 aliphatic rings. The molecule has 16 heavy (non-hydrogen) atoms. The summed E-state index contributed by atoms with van der Waals surface area (Å²) in [6.45, 7) is -0.750. The van der Waals surface area contributed by atoms with E-state index in [4.69, 9.17) is 4.74 Å². The highest BCUT2D eigenvalue weighted by atomic mass is 19.1. The van der Waals surface area contributed by atoms with Crippen LogP contribution in [-0.4, -0.2) is 0 Å². The van der Waals surface area contributed by atoms with E-state index < -0.39 is 12.5 Å². The summed E-state index contributed by atoms with van der Waals surface area (Å²) in [5, 5.41) is 0. The van der Waals surface area contributed by atoms with Crippen molar-refractivity contribution < 1.29 is 13.5 Å². The zero-order valence-corrected chi connectivity index (χ0v) is 8.49. The molecular formula is C13H10F2O. The van der Waals surface area contributed by atoms with Gasteiger partial charge in [0, 0.05) is 5.56 Å². The van der Waals surface area contributed by atoms with Crippen molar-refractivity contribution in [1.82, 2.24) is 0 Å². The van der Waals surface area contributed by atoms with Crippen LogP contribution in [0.5, 0.6) is 11.5 Å². The molecule has 0 N–H and O–H groups in total. The topological polar surface area (TPSA) is 9.23 Å². The number of alkyl halides is 1. The van der Waals surface area contributed by atoms with E-state index in [-0.39, 0.29) is 11.3 Å². The molecule has 0 saturated carbocycles. The first-order chi connectivity index (χ1) is 7.81. The molecule has 1 nitrogen and oxygen atoms in total. The van der Waals surface area contributed by atoms with Gasteiger partial charge in [-0.05, 0) is 18.2 Å². The summed E-state index contributed by atoms with van der Waals surface area (Å²) in [5.74, 6) is -0.113. The second-order valence-electron chi connectivity index (χ2n) is 3.28. The van der Waals surface area contributed by atoms with Gasteiger partial charge >= 0.3 is 0 Å². The highest BCUT2D eigenvalue weighted by Gasteiger charge is 2.10. The first kappa shape index (κ1) is 10.6. The van der Waals surface area contributed by atoms with E-state index in [1.54, 1.807) is 24.3 Å². The maximum atomic E-state index is 13.4. The molecule has 2 aromatic carbocycles. The summed E-state index contributed by atoms with van der Waals surface area (Å²) in [5.41, 5.74) is 0.212. The highest BCUT2D eigenvalue weighted by molar-refractivity contribution is 5.38. The third-order valence-electron chi connectivity index (χ3n) is 2.16. The Morgan fingerprint density at radius 1 is 0.938 bits per heavy atom. The number of hydrogen-bond acceptors (Lipinski definition) is 1. The molecule has 2 aromatic rings. The molecule has 0 aliphatic heterocycles. The Hall–Kier alpha value is -1.90. The number of halogens is 2. The van der Waals surface area contributed by atoms with Crippen molar-refractivity contribution in [3.8, 4) is 11.5 Å². The SMILES string of the molecule is FCc1cccc(F)c1Oc1ccccc1. The highest BCUT2D eigenvalue weighted by Crippen LogP contribution is 2.28. The Kier molecular flexibility index (Phi) is 3.15. The lowest BCUT2D eigenvalue weighted by atomic mass is 10.2. The summed E-state index contributed by atoms with van der Waals surface area (Å²) >= 11 is 0. The second-order valence-corrected chi connectivity index (χ2v) is 3.28. The van der Waals surface area contributed by atoms with Crippen LogP contribution >= 0.6 is 0 Å². The molecule has 0 bridgehead atoms. The summed E-state index contributed by atoms with van der Waals surface area (Å²) in [7, 11) is 0. The predicted octanol–water partition coefficient (Wildman–Crippen LogP) is 4.09. The van der Waals surface area contributed by atoms with Crippen molar-refractivity contribution in [3.63, 3.8) is 0 Å². The number of para-hydroxylation sites is 2. The maximum absolute atomic E-state index is 13.4. The van der Waals surface area contributed by atoms with Gasteiger partial charge in [0.1, 0.15) is 12.4 Å². The average Bonchev–Trinajstić information content (AvgIpc) is 2.33. The molecule has 0 radical (unpaired) electrons. The van der Waals surface area contributed by atoms with Crippen molar-refractivity contribution in [2.24, 2.45) is 0 Å². The van der Waals surface area contributed by atoms with Gasteiger partial charge in [-0.3, -0.25) is 0 Å². The zero-order valence-electron chi connectivity index (χ0n) is 8.49. The van der Waals surface area contributed by atoms with Crippen LogP contribution in [0.1, 0.15) is 5.56 Å². The molecule has 0 atom stereocenters. The van der Waals surface area contributed by atoms with Crippen LogP contribution in [0.15, 0.2) is 48.5 Å².